The van der Waals surface area contributed by atoms with E-state index in [0.717, 1.165) is 23.3 Å². The monoisotopic (exact) mass is 376 g/mol. The predicted molar refractivity (Wildman–Crippen MR) is 90.8 cm³/mol. The minimum absolute atomic E-state index is 0.136. The van der Waals surface area contributed by atoms with E-state index in [9.17, 15) is 9.59 Å². The summed E-state index contributed by atoms with van der Waals surface area (Å²) in [7, 11) is 3.31. The van der Waals surface area contributed by atoms with Crippen molar-refractivity contribution in [1.29, 1.82) is 0 Å². The van der Waals surface area contributed by atoms with Gasteiger partial charge in [0.15, 0.2) is 0 Å². The Labute approximate surface area is 142 Å². The van der Waals surface area contributed by atoms with Crippen LogP contribution >= 0.6 is 15.9 Å². The minimum Gasteiger partial charge on any atom is -0.496 e. The number of carbonyl (C=O) groups excluding carboxylic acids is 1. The van der Waals surface area contributed by atoms with Crippen LogP contribution in [0.1, 0.15) is 21.5 Å². The van der Waals surface area contributed by atoms with Gasteiger partial charge >= 0.3 is 0 Å². The number of pyridine rings is 1. The van der Waals surface area contributed by atoms with Gasteiger partial charge in [-0.05, 0) is 34.0 Å². The van der Waals surface area contributed by atoms with Crippen molar-refractivity contribution in [3.05, 3.63) is 62.0 Å². The van der Waals surface area contributed by atoms with Gasteiger partial charge in [-0.15, -0.1) is 0 Å². The number of methoxy groups -OCH3 is 1. The highest BCUT2D eigenvalue weighted by atomic mass is 79.9. The topological polar surface area (TPSA) is 51.5 Å². The summed E-state index contributed by atoms with van der Waals surface area (Å²) >= 11 is 3.38. The first-order chi connectivity index (χ1) is 11.0. The van der Waals surface area contributed by atoms with E-state index < -0.39 is 0 Å². The first-order valence-electron chi connectivity index (χ1n) is 7.31. The van der Waals surface area contributed by atoms with E-state index in [-0.39, 0.29) is 11.5 Å². The van der Waals surface area contributed by atoms with Gasteiger partial charge in [0.05, 0.1) is 12.7 Å². The van der Waals surface area contributed by atoms with Gasteiger partial charge in [-0.2, -0.15) is 0 Å². The van der Waals surface area contributed by atoms with Crippen molar-refractivity contribution in [2.45, 2.75) is 13.0 Å². The van der Waals surface area contributed by atoms with Crippen LogP contribution in [0.3, 0.4) is 0 Å². The third kappa shape index (κ3) is 2.91. The number of aromatic nitrogens is 1. The molecule has 120 valence electrons. The zero-order valence-corrected chi connectivity index (χ0v) is 14.6. The zero-order valence-electron chi connectivity index (χ0n) is 13.0. The van der Waals surface area contributed by atoms with Crippen LogP contribution in [-0.4, -0.2) is 29.0 Å². The molecule has 0 spiro atoms. The van der Waals surface area contributed by atoms with Gasteiger partial charge in [-0.25, -0.2) is 0 Å². The number of halogens is 1. The van der Waals surface area contributed by atoms with Crippen LogP contribution in [-0.2, 0) is 20.0 Å². The van der Waals surface area contributed by atoms with E-state index in [0.29, 0.717) is 23.1 Å². The van der Waals surface area contributed by atoms with E-state index in [1.54, 1.807) is 25.3 Å². The second-order valence-corrected chi connectivity index (χ2v) is 6.41. The molecule has 0 bridgehead atoms. The Morgan fingerprint density at radius 1 is 1.35 bits per heavy atom. The van der Waals surface area contributed by atoms with E-state index >= 15 is 0 Å². The molecule has 0 saturated carbocycles. The molecule has 0 atom stereocenters. The van der Waals surface area contributed by atoms with E-state index in [4.69, 9.17) is 4.74 Å². The Morgan fingerprint density at radius 3 is 2.87 bits per heavy atom. The normalized spacial score (nSPS) is 13.6. The fourth-order valence-electron chi connectivity index (χ4n) is 2.87. The maximum Gasteiger partial charge on any atom is 0.255 e. The number of rotatable bonds is 2. The lowest BCUT2D eigenvalue weighted by Gasteiger charge is -2.30. The molecular formula is C17H17BrN2O3. The van der Waals surface area contributed by atoms with Gasteiger partial charge in [-0.3, -0.25) is 9.59 Å². The molecule has 1 aromatic heterocycles. The molecular weight excluding hydrogens is 360 g/mol. The number of hydrogen-bond donors (Lipinski definition) is 0. The van der Waals surface area contributed by atoms with Crippen LogP contribution in [0, 0.1) is 0 Å². The molecule has 3 rings (SSSR count). The number of fused-ring (bicyclic) bond motifs is 1. The third-order valence-corrected chi connectivity index (χ3v) is 4.77. The van der Waals surface area contributed by atoms with Gasteiger partial charge < -0.3 is 14.2 Å². The molecule has 0 unspecified atom stereocenters. The Balaban J connectivity index is 1.91. The number of aryl methyl sites for hydroxylation is 1. The molecule has 2 heterocycles. The fourth-order valence-corrected chi connectivity index (χ4v) is 3.46. The third-order valence-electron chi connectivity index (χ3n) is 4.14. The van der Waals surface area contributed by atoms with Gasteiger partial charge in [0.25, 0.3) is 11.5 Å². The van der Waals surface area contributed by atoms with Gasteiger partial charge in [-0.1, -0.05) is 12.1 Å². The van der Waals surface area contributed by atoms with Crippen molar-refractivity contribution in [3.63, 3.8) is 0 Å². The first-order valence-corrected chi connectivity index (χ1v) is 8.10. The van der Waals surface area contributed by atoms with Crippen LogP contribution < -0.4 is 10.3 Å². The fraction of sp³-hybridized carbons (Fsp3) is 0.294. The molecule has 1 aliphatic heterocycles. The second kappa shape index (κ2) is 6.20. The maximum atomic E-state index is 12.8. The van der Waals surface area contributed by atoms with Gasteiger partial charge in [0, 0.05) is 42.4 Å². The number of amides is 1. The summed E-state index contributed by atoms with van der Waals surface area (Å²) in [5, 5.41) is 0. The summed E-state index contributed by atoms with van der Waals surface area (Å²) in [5.74, 6) is 0.729. The Kier molecular flexibility index (Phi) is 4.26. The molecule has 0 aliphatic carbocycles. The molecule has 5 nitrogen and oxygen atoms in total. The molecule has 6 heteroatoms. The highest BCUT2D eigenvalue weighted by molar-refractivity contribution is 9.10. The quantitative estimate of drug-likeness (QED) is 0.808. The molecule has 23 heavy (non-hydrogen) atoms. The van der Waals surface area contributed by atoms with Crippen molar-refractivity contribution in [1.82, 2.24) is 9.47 Å². The molecule has 0 N–H and O–H groups in total. The molecule has 2 aromatic rings. The lowest BCUT2D eigenvalue weighted by Crippen LogP contribution is -2.37. The lowest BCUT2D eigenvalue weighted by molar-refractivity contribution is 0.0732. The number of ether oxygens (including phenoxy) is 1. The number of nitrogens with zero attached hydrogens (tertiary/aromatic N) is 2. The van der Waals surface area contributed by atoms with Crippen LogP contribution in [0.2, 0.25) is 0 Å². The largest absolute Gasteiger partial charge is 0.496 e. The number of carbonyl (C=O) groups is 1. The van der Waals surface area contributed by atoms with E-state index in [1.165, 1.54) is 10.6 Å². The van der Waals surface area contributed by atoms with Crippen molar-refractivity contribution in [2.75, 3.05) is 13.7 Å². The van der Waals surface area contributed by atoms with Gasteiger partial charge in [0.2, 0.25) is 0 Å². The van der Waals surface area contributed by atoms with Crippen LogP contribution in [0.5, 0.6) is 5.75 Å². The van der Waals surface area contributed by atoms with Crippen molar-refractivity contribution in [3.8, 4) is 5.75 Å². The molecule has 0 radical (unpaired) electrons. The van der Waals surface area contributed by atoms with Gasteiger partial charge in [0.1, 0.15) is 5.75 Å². The smallest absolute Gasteiger partial charge is 0.255 e. The highest BCUT2D eigenvalue weighted by Crippen LogP contribution is 2.29. The molecule has 0 fully saturated rings. The minimum atomic E-state index is -0.198. The average molecular weight is 377 g/mol. The van der Waals surface area contributed by atoms with E-state index in [1.807, 2.05) is 18.2 Å². The van der Waals surface area contributed by atoms with Crippen LogP contribution in [0.4, 0.5) is 0 Å². The maximum absolute atomic E-state index is 12.8. The Morgan fingerprint density at radius 2 is 2.13 bits per heavy atom. The van der Waals surface area contributed by atoms with Crippen molar-refractivity contribution < 1.29 is 9.53 Å². The van der Waals surface area contributed by atoms with Crippen molar-refractivity contribution in [2.24, 2.45) is 7.05 Å². The van der Waals surface area contributed by atoms with Crippen molar-refractivity contribution >= 4 is 21.8 Å². The predicted octanol–water partition coefficient (Wildman–Crippen LogP) is 2.35. The molecule has 1 amide bonds. The number of benzene rings is 1. The average Bonchev–Trinajstić information content (AvgIpc) is 2.56. The zero-order chi connectivity index (χ0) is 16.6. The summed E-state index contributed by atoms with van der Waals surface area (Å²) in [4.78, 5) is 26.3. The summed E-state index contributed by atoms with van der Waals surface area (Å²) in [5.41, 5.74) is 2.45. The SMILES string of the molecule is COc1cccc2c1CCN(C(=O)c1cc(=O)n(C)cc1Br)C2. The Hall–Kier alpha value is -2.08. The number of hydrogen-bond acceptors (Lipinski definition) is 3. The summed E-state index contributed by atoms with van der Waals surface area (Å²) < 4.78 is 7.45. The lowest BCUT2D eigenvalue weighted by atomic mass is 9.98. The highest BCUT2D eigenvalue weighted by Gasteiger charge is 2.25. The first kappa shape index (κ1) is 15.8. The van der Waals surface area contributed by atoms with E-state index in [2.05, 4.69) is 15.9 Å². The summed E-state index contributed by atoms with van der Waals surface area (Å²) in [6.07, 6.45) is 2.37. The standard InChI is InChI=1S/C17H17BrN2O3/c1-19-10-14(18)13(8-16(19)21)17(22)20-7-6-12-11(9-20)4-3-5-15(12)23-2/h3-5,8,10H,6-7,9H2,1-2H3. The summed E-state index contributed by atoms with van der Waals surface area (Å²) in [6.45, 7) is 1.13. The molecule has 1 aliphatic rings. The molecule has 0 saturated heterocycles. The molecule has 1 aromatic carbocycles. The Bertz CT molecular complexity index is 829. The van der Waals surface area contributed by atoms with Crippen LogP contribution in [0.25, 0.3) is 0 Å². The second-order valence-electron chi connectivity index (χ2n) is 5.56. The summed E-state index contributed by atoms with van der Waals surface area (Å²) in [6, 6.07) is 7.26. The van der Waals surface area contributed by atoms with Crippen LogP contribution in [0.15, 0.2) is 39.7 Å².